The topological polar surface area (TPSA) is 153 Å². The van der Waals surface area contributed by atoms with Crippen molar-refractivity contribution in [3.63, 3.8) is 0 Å². The summed E-state index contributed by atoms with van der Waals surface area (Å²) in [6, 6.07) is 5.12. The molecule has 2 bridgehead atoms. The highest BCUT2D eigenvalue weighted by atomic mass is 32.2. The molecule has 0 radical (unpaired) electrons. The number of nitrogens with one attached hydrogen (secondary N) is 3. The van der Waals surface area contributed by atoms with Gasteiger partial charge in [0, 0.05) is 53.8 Å². The van der Waals surface area contributed by atoms with Crippen LogP contribution in [0.25, 0.3) is 10.9 Å². The summed E-state index contributed by atoms with van der Waals surface area (Å²) in [5.74, 6) is 1.63. The molecule has 0 spiro atoms. The van der Waals surface area contributed by atoms with Crippen LogP contribution in [0.1, 0.15) is 37.8 Å². The molecule has 0 aliphatic carbocycles. The second kappa shape index (κ2) is 8.42. The number of sulfone groups is 1. The quantitative estimate of drug-likeness (QED) is 0.426. The first-order valence-electron chi connectivity index (χ1n) is 11.2. The first kappa shape index (κ1) is 22.4. The predicted octanol–water partition coefficient (Wildman–Crippen LogP) is 3.28. The molecular weight excluding hydrogens is 458 g/mol. The summed E-state index contributed by atoms with van der Waals surface area (Å²) in [6.45, 7) is 1.90. The van der Waals surface area contributed by atoms with Crippen LogP contribution in [0.15, 0.2) is 29.3 Å². The minimum absolute atomic E-state index is 0.00590. The number of hydrogen-bond acceptors (Lipinski definition) is 8. The van der Waals surface area contributed by atoms with Gasteiger partial charge in [0.2, 0.25) is 0 Å². The van der Waals surface area contributed by atoms with Crippen LogP contribution >= 0.6 is 0 Å². The Morgan fingerprint density at radius 3 is 2.53 bits per heavy atom. The Morgan fingerprint density at radius 1 is 1.18 bits per heavy atom. The van der Waals surface area contributed by atoms with Crippen LogP contribution in [0.3, 0.4) is 0 Å². The summed E-state index contributed by atoms with van der Waals surface area (Å²) in [7, 11) is -3.45. The number of rotatable bonds is 5. The Hall–Kier alpha value is -3.41. The Morgan fingerprint density at radius 2 is 1.91 bits per heavy atom. The lowest BCUT2D eigenvalue weighted by atomic mass is 9.82. The fourth-order valence-electron chi connectivity index (χ4n) is 5.10. The van der Waals surface area contributed by atoms with Gasteiger partial charge in [0.25, 0.3) is 0 Å². The Bertz CT molecular complexity index is 1340. The lowest BCUT2D eigenvalue weighted by molar-refractivity contribution is 0.0385. The Labute approximate surface area is 196 Å². The van der Waals surface area contributed by atoms with Crippen LogP contribution in [0.5, 0.6) is 0 Å². The number of fused-ring (bicyclic) bond motifs is 3. The van der Waals surface area contributed by atoms with Crippen molar-refractivity contribution in [2.45, 2.75) is 62.0 Å². The molecule has 2 fully saturated rings. The van der Waals surface area contributed by atoms with E-state index in [1.807, 2.05) is 13.0 Å². The van der Waals surface area contributed by atoms with Crippen molar-refractivity contribution in [1.82, 2.24) is 25.1 Å². The maximum atomic E-state index is 12.2. The molecule has 2 aliphatic rings. The molecule has 3 aromatic rings. The number of amides is 1. The van der Waals surface area contributed by atoms with E-state index in [9.17, 15) is 18.3 Å². The van der Waals surface area contributed by atoms with Crippen molar-refractivity contribution in [1.29, 1.82) is 0 Å². The number of carbonyl (C=O) groups is 1. The molecule has 0 saturated carbocycles. The molecule has 2 saturated heterocycles. The Kier molecular flexibility index (Phi) is 5.54. The number of pyridine rings is 2. The van der Waals surface area contributed by atoms with Crippen LogP contribution in [-0.2, 0) is 9.84 Å². The molecule has 3 atom stereocenters. The predicted molar refractivity (Wildman–Crippen MR) is 127 cm³/mol. The van der Waals surface area contributed by atoms with E-state index in [4.69, 9.17) is 4.98 Å². The minimum atomic E-state index is -3.45. The van der Waals surface area contributed by atoms with Gasteiger partial charge < -0.3 is 20.6 Å². The minimum Gasteiger partial charge on any atom is -0.465 e. The number of H-pyrrole nitrogens is 1. The van der Waals surface area contributed by atoms with E-state index in [0.717, 1.165) is 31.2 Å². The van der Waals surface area contributed by atoms with E-state index in [1.54, 1.807) is 17.0 Å². The van der Waals surface area contributed by atoms with Gasteiger partial charge >= 0.3 is 6.09 Å². The number of anilines is 3. The second-order valence-electron chi connectivity index (χ2n) is 9.17. The monoisotopic (exact) mass is 485 g/mol. The maximum Gasteiger partial charge on any atom is 0.407 e. The lowest BCUT2D eigenvalue weighted by Crippen LogP contribution is -2.56. The first-order chi connectivity index (χ1) is 16.2. The molecule has 5 heterocycles. The van der Waals surface area contributed by atoms with Crippen LogP contribution in [0.2, 0.25) is 0 Å². The zero-order chi connectivity index (χ0) is 24.0. The summed E-state index contributed by atoms with van der Waals surface area (Å²) in [5.41, 5.74) is 1.48. The molecule has 1 unspecified atom stereocenters. The third-order valence-electron chi connectivity index (χ3n) is 6.58. The van der Waals surface area contributed by atoms with Crippen molar-refractivity contribution < 1.29 is 18.3 Å². The highest BCUT2D eigenvalue weighted by molar-refractivity contribution is 7.90. The van der Waals surface area contributed by atoms with E-state index < -0.39 is 15.9 Å². The highest BCUT2D eigenvalue weighted by Crippen LogP contribution is 2.36. The first-order valence-corrected chi connectivity index (χ1v) is 13.1. The Balaban J connectivity index is 1.51. The second-order valence-corrected chi connectivity index (χ2v) is 11.2. The zero-order valence-corrected chi connectivity index (χ0v) is 19.8. The zero-order valence-electron chi connectivity index (χ0n) is 18.9. The van der Waals surface area contributed by atoms with Gasteiger partial charge in [0.15, 0.2) is 15.7 Å². The number of aromatic amines is 1. The largest absolute Gasteiger partial charge is 0.465 e. The van der Waals surface area contributed by atoms with Gasteiger partial charge in [-0.15, -0.1) is 0 Å². The molecule has 11 nitrogen and oxygen atoms in total. The molecule has 0 aromatic carbocycles. The molecule has 12 heteroatoms. The summed E-state index contributed by atoms with van der Waals surface area (Å²) in [5, 5.41) is 24.0. The summed E-state index contributed by atoms with van der Waals surface area (Å²) >= 11 is 0. The number of aryl methyl sites for hydroxylation is 1. The molecule has 5 rings (SSSR count). The van der Waals surface area contributed by atoms with Crippen molar-refractivity contribution in [3.8, 4) is 0 Å². The van der Waals surface area contributed by atoms with Crippen molar-refractivity contribution in [2.75, 3.05) is 16.9 Å². The number of hydrogen-bond donors (Lipinski definition) is 4. The fourth-order valence-corrected chi connectivity index (χ4v) is 5.67. The van der Waals surface area contributed by atoms with Crippen molar-refractivity contribution in [2.24, 2.45) is 0 Å². The summed E-state index contributed by atoms with van der Waals surface area (Å²) in [4.78, 5) is 22.6. The molecule has 4 N–H and O–H groups in total. The standard InChI is InChI=1S/C22H27N7O4S/c1-12-6-20(28-27-12)25-19-10-18-17(9-16(11-23-18)34(2,32)33)21(26-19)24-13-7-14-4-3-5-15(8-13)29(14)22(30)31/h6,9-11,13-15H,3-5,7-8H2,1-2H3,(H,30,31)(H3,24,25,26,27,28)/t13?,14-,15+. The van der Waals surface area contributed by atoms with Gasteiger partial charge in [-0.1, -0.05) is 0 Å². The lowest BCUT2D eigenvalue weighted by Gasteiger charge is -2.47. The highest BCUT2D eigenvalue weighted by Gasteiger charge is 2.41. The smallest absolute Gasteiger partial charge is 0.407 e. The van der Waals surface area contributed by atoms with Crippen LogP contribution in [0, 0.1) is 6.92 Å². The average molecular weight is 486 g/mol. The molecule has 34 heavy (non-hydrogen) atoms. The molecule has 3 aromatic heterocycles. The normalized spacial score (nSPS) is 22.5. The van der Waals surface area contributed by atoms with Crippen LogP contribution in [0.4, 0.5) is 22.2 Å². The fraction of sp³-hybridized carbons (Fsp3) is 0.455. The van der Waals surface area contributed by atoms with E-state index >= 15 is 0 Å². The molecule has 1 amide bonds. The van der Waals surface area contributed by atoms with E-state index in [0.29, 0.717) is 41.2 Å². The van der Waals surface area contributed by atoms with Crippen molar-refractivity contribution >= 4 is 44.3 Å². The van der Waals surface area contributed by atoms with Gasteiger partial charge in [-0.3, -0.25) is 10.1 Å². The average Bonchev–Trinajstić information content (AvgIpc) is 3.16. The van der Waals surface area contributed by atoms with E-state index in [2.05, 4.69) is 25.8 Å². The van der Waals surface area contributed by atoms with Crippen LogP contribution in [-0.4, -0.2) is 69.1 Å². The van der Waals surface area contributed by atoms with Gasteiger partial charge in [-0.05, 0) is 45.1 Å². The number of nitrogens with zero attached hydrogens (tertiary/aromatic N) is 4. The van der Waals surface area contributed by atoms with Gasteiger partial charge in [-0.25, -0.2) is 18.2 Å². The SMILES string of the molecule is Cc1cc(Nc2cc3ncc(S(C)(=O)=O)cc3c(NC3C[C@H]4CCC[C@@H](C3)N4C(=O)O)n2)n[nH]1. The summed E-state index contributed by atoms with van der Waals surface area (Å²) < 4.78 is 24.3. The maximum absolute atomic E-state index is 12.2. The van der Waals surface area contributed by atoms with Gasteiger partial charge in [0.05, 0.1) is 10.4 Å². The number of aromatic nitrogens is 4. The third-order valence-corrected chi connectivity index (χ3v) is 7.66. The molecule has 180 valence electrons. The third kappa shape index (κ3) is 4.37. The number of piperidine rings is 2. The van der Waals surface area contributed by atoms with Gasteiger partial charge in [0.1, 0.15) is 11.6 Å². The summed E-state index contributed by atoms with van der Waals surface area (Å²) in [6.07, 6.45) is 5.68. The number of carboxylic acid groups (broad SMARTS) is 1. The van der Waals surface area contributed by atoms with E-state index in [1.165, 1.54) is 6.20 Å². The van der Waals surface area contributed by atoms with Gasteiger partial charge in [-0.2, -0.15) is 5.10 Å². The van der Waals surface area contributed by atoms with Crippen molar-refractivity contribution in [3.05, 3.63) is 30.1 Å². The molecular formula is C22H27N7O4S. The van der Waals surface area contributed by atoms with Crippen LogP contribution < -0.4 is 10.6 Å². The molecule has 2 aliphatic heterocycles. The van der Waals surface area contributed by atoms with E-state index in [-0.39, 0.29) is 23.0 Å².